The third-order valence-electron chi connectivity index (χ3n) is 27.3. The first-order chi connectivity index (χ1) is 68.7. The number of hydrogen-bond acceptors (Lipinski definition) is 20. The van der Waals surface area contributed by atoms with Gasteiger partial charge in [-0.05, 0) is 235 Å². The predicted octanol–water partition coefficient (Wildman–Crippen LogP) is 20.3. The molecule has 142 heavy (non-hydrogen) atoms. The van der Waals surface area contributed by atoms with E-state index < -0.39 is 60.1 Å². The van der Waals surface area contributed by atoms with Gasteiger partial charge in [0.15, 0.2) is 0 Å². The second-order valence-corrected chi connectivity index (χ2v) is 41.1. The number of amides is 8. The van der Waals surface area contributed by atoms with Gasteiger partial charge in [-0.1, -0.05) is 185 Å². The number of nitrogens with one attached hydrogen (secondary N) is 8. The van der Waals surface area contributed by atoms with Gasteiger partial charge in [0.25, 0.3) is 0 Å². The fourth-order valence-electron chi connectivity index (χ4n) is 19.6. The largest absolute Gasteiger partial charge is 0.480 e. The minimum absolute atomic E-state index is 0.0203. The highest BCUT2D eigenvalue weighted by atomic mass is 32.2. The number of methoxy groups -OCH3 is 2. The van der Waals surface area contributed by atoms with Crippen LogP contribution < -0.4 is 21.3 Å². The number of aromatic nitrogens is 8. The molecule has 8 atom stereocenters. The number of H-pyrrole nitrogens is 4. The van der Waals surface area contributed by atoms with E-state index in [9.17, 15) is 48.3 Å². The Morgan fingerprint density at radius 3 is 1.04 bits per heavy atom. The Hall–Kier alpha value is -14.0. The topological polar surface area (TPSA) is 396 Å². The van der Waals surface area contributed by atoms with E-state index in [1.807, 2.05) is 172 Å². The minimum atomic E-state index is -0.997. The smallest absolute Gasteiger partial charge is 0.410 e. The number of carbonyl (C=O) groups is 9. The van der Waals surface area contributed by atoms with Gasteiger partial charge in [-0.15, -0.1) is 0 Å². The second kappa shape index (κ2) is 46.6. The van der Waals surface area contributed by atoms with Gasteiger partial charge in [-0.2, -0.15) is 23.5 Å². The van der Waals surface area contributed by atoms with Gasteiger partial charge in [0, 0.05) is 37.3 Å². The van der Waals surface area contributed by atoms with E-state index in [1.165, 1.54) is 14.2 Å². The molecule has 0 aliphatic carbocycles. The van der Waals surface area contributed by atoms with E-state index in [0.717, 1.165) is 223 Å². The Balaban J connectivity index is 0.000000172. The fourth-order valence-corrected chi connectivity index (χ4v) is 21.9. The van der Waals surface area contributed by atoms with Crippen molar-refractivity contribution in [3.05, 3.63) is 241 Å². The molecule has 0 spiro atoms. The van der Waals surface area contributed by atoms with Crippen molar-refractivity contribution >= 4 is 99.2 Å². The first-order valence-electron chi connectivity index (χ1n) is 49.1. The minimum Gasteiger partial charge on any atom is -0.480 e. The molecule has 31 nitrogen and oxygen atoms in total. The van der Waals surface area contributed by atoms with Crippen LogP contribution in [0.15, 0.2) is 207 Å². The Morgan fingerprint density at radius 1 is 0.380 bits per heavy atom. The number of thioether (sulfide) groups is 2. The first kappa shape index (κ1) is 101. The van der Waals surface area contributed by atoms with Crippen LogP contribution in [0.4, 0.5) is 24.0 Å². The van der Waals surface area contributed by atoms with E-state index in [2.05, 4.69) is 168 Å². The number of imidazole rings is 4. The number of benzene rings is 8. The van der Waals surface area contributed by atoms with Gasteiger partial charge in [-0.3, -0.25) is 19.3 Å². The third kappa shape index (κ3) is 25.0. The van der Waals surface area contributed by atoms with Crippen molar-refractivity contribution in [3.8, 4) is 67.3 Å². The summed E-state index contributed by atoms with van der Waals surface area (Å²) in [5.41, 5.74) is 13.2. The van der Waals surface area contributed by atoms with E-state index in [-0.39, 0.29) is 84.9 Å². The SMILES string of the molecule is COC(=O)N[C@H](C(=O)N1CCC[C@H]1c1ncc(-c2ccc3cc(-c4ccc(-c5cnc([C@@H]6CCCN6C(=O)OC(C)(C)C)[nH]5)cc4)ccc3c2)[nH]1)C(C)C.COC(=O)N[C@H](C(=O)N1CCC[C@H]1c1ncc(-c2ccc3cc(-c4ccc(-c5cnc([C@@H]6CCCN6C(=O)[C@@H](NC(=O)OCc6ccccc6)C6CCSCC6)[nH]5)cc4)ccc3c2)[nH]1)C(C)C.O=C(N[C@H](C(=O)O)C1CCSCC1)OCc1ccccc1. The van der Waals surface area contributed by atoms with Crippen LogP contribution in [0.1, 0.15) is 184 Å². The van der Waals surface area contributed by atoms with Crippen LogP contribution in [0.25, 0.3) is 88.8 Å². The number of likely N-dealkylation sites (tertiary alicyclic amines) is 4. The molecule has 18 rings (SSSR count). The maximum atomic E-state index is 14.4. The summed E-state index contributed by atoms with van der Waals surface area (Å²) >= 11 is 3.70. The van der Waals surface area contributed by atoms with Crippen molar-refractivity contribution in [2.45, 2.75) is 193 Å². The zero-order valence-corrected chi connectivity index (χ0v) is 83.3. The normalized spacial score (nSPS) is 18.1. The summed E-state index contributed by atoms with van der Waals surface area (Å²) in [6, 6.07) is 57.6. The summed E-state index contributed by atoms with van der Waals surface area (Å²) in [5, 5.41) is 24.6. The number of ether oxygens (including phenoxy) is 5. The average molecular weight is 1960 g/mol. The lowest BCUT2D eigenvalue weighted by molar-refractivity contribution is -0.141. The zero-order chi connectivity index (χ0) is 99.7. The second-order valence-electron chi connectivity index (χ2n) is 38.7. The number of carboxylic acids is 1. The Bertz CT molecular complexity index is 6390. The monoisotopic (exact) mass is 1960 g/mol. The van der Waals surface area contributed by atoms with Gasteiger partial charge in [0.2, 0.25) is 17.7 Å². The van der Waals surface area contributed by atoms with Crippen LogP contribution in [-0.2, 0) is 56.1 Å². The predicted molar refractivity (Wildman–Crippen MR) is 548 cm³/mol. The standard InChI is InChI=1S/C52H58N8O6S.C42H49N7O5.C15H19NO4S/c1-32(2)45(57-51(63)65-3)49(61)59-23-7-11-43(59)48-54-30-42(56-48)40-20-19-38-27-37(17-18-39(38)28-40)34-13-15-35(16-14-34)41-29-53-47(55-41)44-12-8-24-60(44)50(62)46(36-21-25-67-26-22-36)58-52(64)66-31-33-9-5-4-6-10-33;1-25(2)36(47-40(51)53-6)39(50)48-19-7-9-34(48)37-44-24-33(46-37)31-18-17-29-21-28(15-16-30(29)22-31)26-11-13-27(14-12-26)32-23-43-38(45-32)35-10-8-20-49(35)41(52)54-42(3,4)5;17-14(18)13(12-6-8-21-9-7-12)16-15(19)20-10-11-4-2-1-3-5-11/h4-6,9-10,13-20,27-30,32,36,43-46H,7-8,11-12,21-26,31H2,1-3H3,(H,53,55)(H,54,56)(H,57,63)(H,58,64);11-18,21-25,34-36H,7-10,19-20H2,1-6H3,(H,43,45)(H,44,46)(H,47,51);1-5,12-13H,6-10H2,(H,16,19)(H,17,18)/t43-,44-,45-,46-;34-,35-,36-;13-/m000/s1. The first-order valence-corrected chi connectivity index (χ1v) is 51.4. The van der Waals surface area contributed by atoms with E-state index >= 15 is 0 Å². The molecule has 0 bridgehead atoms. The molecule has 8 aromatic carbocycles. The van der Waals surface area contributed by atoms with Crippen molar-refractivity contribution in [3.63, 3.8) is 0 Å². The number of carbonyl (C=O) groups excluding carboxylic acids is 8. The lowest BCUT2D eigenvalue weighted by Gasteiger charge is -2.34. The van der Waals surface area contributed by atoms with E-state index in [0.29, 0.717) is 26.2 Å². The molecule has 6 saturated heterocycles. The maximum absolute atomic E-state index is 14.4. The van der Waals surface area contributed by atoms with E-state index in [4.69, 9.17) is 38.6 Å². The summed E-state index contributed by atoms with van der Waals surface area (Å²) in [5.74, 6) is 5.27. The molecule has 6 aliphatic rings. The Labute approximate surface area is 835 Å². The van der Waals surface area contributed by atoms with Crippen molar-refractivity contribution in [2.24, 2.45) is 23.7 Å². The molecule has 0 saturated carbocycles. The Morgan fingerprint density at radius 2 is 0.690 bits per heavy atom. The molecule has 10 heterocycles. The molecule has 6 aliphatic heterocycles. The number of rotatable bonds is 26. The van der Waals surface area contributed by atoms with Gasteiger partial charge in [0.05, 0.1) is 86.0 Å². The van der Waals surface area contributed by atoms with Crippen molar-refractivity contribution in [1.29, 1.82) is 0 Å². The number of alkyl carbamates (subject to hydrolysis) is 4. The molecule has 9 N–H and O–H groups in total. The number of nitrogens with zero attached hydrogens (tertiary/aromatic N) is 8. The quantitative estimate of drug-likeness (QED) is 0.0227. The van der Waals surface area contributed by atoms with Crippen molar-refractivity contribution in [1.82, 2.24) is 80.7 Å². The lowest BCUT2D eigenvalue weighted by atomic mass is 9.92. The molecule has 0 unspecified atom stereocenters. The summed E-state index contributed by atoms with van der Waals surface area (Å²) < 4.78 is 25.8. The van der Waals surface area contributed by atoms with Gasteiger partial charge < -0.3 is 84.7 Å². The average Bonchev–Trinajstić information content (AvgIpc) is 1.69. The van der Waals surface area contributed by atoms with Crippen LogP contribution >= 0.6 is 23.5 Å². The molecular formula is C109H126N16O15S2. The summed E-state index contributed by atoms with van der Waals surface area (Å²) in [7, 11) is 2.59. The molecule has 12 aromatic rings. The van der Waals surface area contributed by atoms with Gasteiger partial charge >= 0.3 is 36.4 Å². The summed E-state index contributed by atoms with van der Waals surface area (Å²) in [6.07, 6.45) is 14.5. The van der Waals surface area contributed by atoms with Crippen LogP contribution in [-0.4, -0.2) is 212 Å². The Kier molecular flexibility index (Phi) is 33.2. The highest BCUT2D eigenvalue weighted by molar-refractivity contribution is 7.99. The maximum Gasteiger partial charge on any atom is 0.410 e. The highest BCUT2D eigenvalue weighted by Crippen LogP contribution is 2.42. The zero-order valence-electron chi connectivity index (χ0n) is 81.7. The molecule has 8 amide bonds. The number of carboxylic acid groups (broad SMARTS) is 1. The fraction of sp³-hybridized carbons (Fsp3) is 0.404. The van der Waals surface area contributed by atoms with Crippen LogP contribution in [0.3, 0.4) is 0 Å². The number of aromatic amines is 4. The van der Waals surface area contributed by atoms with Crippen LogP contribution in [0, 0.1) is 23.7 Å². The molecule has 0 radical (unpaired) electrons. The summed E-state index contributed by atoms with van der Waals surface area (Å²) in [4.78, 5) is 155. The molecule has 744 valence electrons. The molecule has 33 heteroatoms. The van der Waals surface area contributed by atoms with Crippen LogP contribution in [0.2, 0.25) is 0 Å². The summed E-state index contributed by atoms with van der Waals surface area (Å²) in [6.45, 7) is 16.0. The number of hydrogen-bond donors (Lipinski definition) is 9. The highest BCUT2D eigenvalue weighted by Gasteiger charge is 2.44. The lowest BCUT2D eigenvalue weighted by Crippen LogP contribution is -2.53. The third-order valence-corrected chi connectivity index (χ3v) is 29.4. The van der Waals surface area contributed by atoms with Crippen LogP contribution in [0.5, 0.6) is 0 Å². The molecule has 6 fully saturated rings. The van der Waals surface area contributed by atoms with Gasteiger partial charge in [0.1, 0.15) is 66.3 Å². The van der Waals surface area contributed by atoms with Gasteiger partial charge in [-0.25, -0.2) is 48.7 Å². The van der Waals surface area contributed by atoms with E-state index in [1.54, 1.807) is 4.90 Å². The molecular weight excluding hydrogens is 1840 g/mol. The number of aliphatic carboxylic acids is 1. The number of fused-ring (bicyclic) bond motifs is 2. The molecule has 4 aromatic heterocycles. The van der Waals surface area contributed by atoms with Crippen molar-refractivity contribution in [2.75, 3.05) is 63.4 Å². The van der Waals surface area contributed by atoms with Crippen molar-refractivity contribution < 1.29 is 71.9 Å².